The minimum Gasteiger partial charge on any atom is -0.356 e. The van der Waals surface area contributed by atoms with Crippen molar-refractivity contribution in [3.05, 3.63) is 29.8 Å². The largest absolute Gasteiger partial charge is 0.356 e. The lowest BCUT2D eigenvalue weighted by atomic mass is 10.1. The van der Waals surface area contributed by atoms with E-state index in [1.165, 1.54) is 12.1 Å². The molecule has 0 radical (unpaired) electrons. The van der Waals surface area contributed by atoms with Crippen molar-refractivity contribution in [1.82, 2.24) is 5.32 Å². The highest BCUT2D eigenvalue weighted by Gasteiger charge is 2.08. The maximum Gasteiger partial charge on any atom is 0.238 e. The molecular weight excluding hydrogens is 240 g/mol. The third-order valence-corrected chi connectivity index (χ3v) is 3.15. The summed E-state index contributed by atoms with van der Waals surface area (Å²) < 4.78 is 22.2. The van der Waals surface area contributed by atoms with Crippen molar-refractivity contribution >= 4 is 15.9 Å². The molecule has 0 fully saturated rings. The SMILES string of the molecule is CCNC(=O)CCc1cccc(S(N)(=O)=O)c1. The smallest absolute Gasteiger partial charge is 0.238 e. The molecule has 0 aliphatic heterocycles. The van der Waals surface area contributed by atoms with E-state index >= 15 is 0 Å². The Bertz CT molecular complexity index is 497. The van der Waals surface area contributed by atoms with Gasteiger partial charge in [0, 0.05) is 13.0 Å². The first kappa shape index (κ1) is 13.7. The number of primary sulfonamides is 1. The van der Waals surface area contributed by atoms with Crippen LogP contribution in [0.1, 0.15) is 18.9 Å². The molecule has 5 nitrogen and oxygen atoms in total. The van der Waals surface area contributed by atoms with E-state index in [1.54, 1.807) is 12.1 Å². The second kappa shape index (κ2) is 5.79. The number of carbonyl (C=O) groups is 1. The summed E-state index contributed by atoms with van der Waals surface area (Å²) in [6.45, 7) is 2.44. The molecule has 0 saturated heterocycles. The van der Waals surface area contributed by atoms with Gasteiger partial charge in [0.15, 0.2) is 0 Å². The number of hydrogen-bond donors (Lipinski definition) is 2. The number of carbonyl (C=O) groups excluding carboxylic acids is 1. The van der Waals surface area contributed by atoms with E-state index in [0.29, 0.717) is 19.4 Å². The van der Waals surface area contributed by atoms with Gasteiger partial charge in [-0.3, -0.25) is 4.79 Å². The predicted octanol–water partition coefficient (Wildman–Crippen LogP) is 0.403. The molecule has 0 unspecified atom stereocenters. The summed E-state index contributed by atoms with van der Waals surface area (Å²) >= 11 is 0. The van der Waals surface area contributed by atoms with E-state index in [2.05, 4.69) is 5.32 Å². The summed E-state index contributed by atoms with van der Waals surface area (Å²) in [6, 6.07) is 6.32. The monoisotopic (exact) mass is 256 g/mol. The molecule has 1 aromatic rings. The Morgan fingerprint density at radius 3 is 2.71 bits per heavy atom. The first-order chi connectivity index (χ1) is 7.93. The molecule has 3 N–H and O–H groups in total. The summed E-state index contributed by atoms with van der Waals surface area (Å²) in [4.78, 5) is 11.3. The number of hydrogen-bond acceptors (Lipinski definition) is 3. The van der Waals surface area contributed by atoms with Crippen LogP contribution in [0.25, 0.3) is 0 Å². The van der Waals surface area contributed by atoms with Crippen LogP contribution >= 0.6 is 0 Å². The molecule has 0 atom stereocenters. The van der Waals surface area contributed by atoms with Crippen LogP contribution in [0.4, 0.5) is 0 Å². The number of nitrogens with two attached hydrogens (primary N) is 1. The molecule has 6 heteroatoms. The molecule has 0 saturated carbocycles. The minimum absolute atomic E-state index is 0.0477. The third kappa shape index (κ3) is 4.54. The van der Waals surface area contributed by atoms with Crippen LogP contribution in [-0.4, -0.2) is 20.9 Å². The molecule has 0 bridgehead atoms. The zero-order valence-corrected chi connectivity index (χ0v) is 10.5. The van der Waals surface area contributed by atoms with Crippen molar-refractivity contribution in [2.45, 2.75) is 24.7 Å². The highest BCUT2D eigenvalue weighted by atomic mass is 32.2. The van der Waals surface area contributed by atoms with Crippen LogP contribution in [0.2, 0.25) is 0 Å². The van der Waals surface area contributed by atoms with Gasteiger partial charge in [0.2, 0.25) is 15.9 Å². The zero-order chi connectivity index (χ0) is 12.9. The van der Waals surface area contributed by atoms with Gasteiger partial charge in [-0.1, -0.05) is 12.1 Å². The van der Waals surface area contributed by atoms with Crippen molar-refractivity contribution in [3.8, 4) is 0 Å². The van der Waals surface area contributed by atoms with E-state index in [9.17, 15) is 13.2 Å². The van der Waals surface area contributed by atoms with Crippen LogP contribution in [-0.2, 0) is 21.2 Å². The Labute approximate surface area is 101 Å². The molecule has 0 spiro atoms. The summed E-state index contributed by atoms with van der Waals surface area (Å²) in [5.74, 6) is -0.0477. The van der Waals surface area contributed by atoms with E-state index in [1.807, 2.05) is 6.92 Å². The van der Waals surface area contributed by atoms with Gasteiger partial charge in [-0.2, -0.15) is 0 Å². The van der Waals surface area contributed by atoms with Crippen molar-refractivity contribution < 1.29 is 13.2 Å². The van der Waals surface area contributed by atoms with E-state index in [4.69, 9.17) is 5.14 Å². The molecule has 94 valence electrons. The van der Waals surface area contributed by atoms with Gasteiger partial charge in [-0.15, -0.1) is 0 Å². The van der Waals surface area contributed by atoms with Crippen molar-refractivity contribution in [2.75, 3.05) is 6.54 Å². The van der Waals surface area contributed by atoms with Crippen LogP contribution in [0.5, 0.6) is 0 Å². The van der Waals surface area contributed by atoms with Crippen molar-refractivity contribution in [1.29, 1.82) is 0 Å². The molecule has 0 aromatic heterocycles. The van der Waals surface area contributed by atoms with E-state index < -0.39 is 10.0 Å². The molecule has 0 aliphatic carbocycles. The lowest BCUT2D eigenvalue weighted by molar-refractivity contribution is -0.120. The van der Waals surface area contributed by atoms with E-state index in [-0.39, 0.29) is 10.8 Å². The quantitative estimate of drug-likeness (QED) is 0.799. The highest BCUT2D eigenvalue weighted by molar-refractivity contribution is 7.89. The fourth-order valence-corrected chi connectivity index (χ4v) is 2.01. The van der Waals surface area contributed by atoms with Crippen LogP contribution < -0.4 is 10.5 Å². The van der Waals surface area contributed by atoms with Gasteiger partial charge in [-0.05, 0) is 31.0 Å². The molecule has 1 rings (SSSR count). The van der Waals surface area contributed by atoms with E-state index in [0.717, 1.165) is 5.56 Å². The molecule has 0 heterocycles. The second-order valence-corrected chi connectivity index (χ2v) is 5.21. The fraction of sp³-hybridized carbons (Fsp3) is 0.364. The first-order valence-electron chi connectivity index (χ1n) is 5.32. The number of benzene rings is 1. The first-order valence-corrected chi connectivity index (χ1v) is 6.86. The molecule has 1 amide bonds. The Kier molecular flexibility index (Phi) is 4.65. The number of aryl methyl sites for hydroxylation is 1. The van der Waals surface area contributed by atoms with Gasteiger partial charge in [0.25, 0.3) is 0 Å². The second-order valence-electron chi connectivity index (χ2n) is 3.65. The molecular formula is C11H16N2O3S. The Morgan fingerprint density at radius 2 is 2.12 bits per heavy atom. The normalized spacial score (nSPS) is 11.2. The van der Waals surface area contributed by atoms with Crippen LogP contribution in [0.15, 0.2) is 29.2 Å². The molecule has 0 aliphatic rings. The van der Waals surface area contributed by atoms with Gasteiger partial charge in [-0.25, -0.2) is 13.6 Å². The highest BCUT2D eigenvalue weighted by Crippen LogP contribution is 2.11. The van der Waals surface area contributed by atoms with Crippen molar-refractivity contribution in [3.63, 3.8) is 0 Å². The average Bonchev–Trinajstić information content (AvgIpc) is 2.26. The lowest BCUT2D eigenvalue weighted by Crippen LogP contribution is -2.22. The summed E-state index contributed by atoms with van der Waals surface area (Å²) in [5, 5.41) is 7.70. The summed E-state index contributed by atoms with van der Waals surface area (Å²) in [5.41, 5.74) is 0.780. The average molecular weight is 256 g/mol. The zero-order valence-electron chi connectivity index (χ0n) is 9.64. The standard InChI is InChI=1S/C11H16N2O3S/c1-2-13-11(14)7-6-9-4-3-5-10(8-9)17(12,15)16/h3-5,8H,2,6-7H2,1H3,(H,13,14)(H2,12,15,16). The summed E-state index contributed by atoms with van der Waals surface area (Å²) in [6.07, 6.45) is 0.830. The number of rotatable bonds is 5. The van der Waals surface area contributed by atoms with Crippen molar-refractivity contribution in [2.24, 2.45) is 5.14 Å². The fourth-order valence-electron chi connectivity index (χ4n) is 1.42. The number of nitrogens with one attached hydrogen (secondary N) is 1. The third-order valence-electron chi connectivity index (χ3n) is 2.24. The van der Waals surface area contributed by atoms with Gasteiger partial charge >= 0.3 is 0 Å². The van der Waals surface area contributed by atoms with Gasteiger partial charge in [0.1, 0.15) is 0 Å². The van der Waals surface area contributed by atoms with Crippen LogP contribution in [0.3, 0.4) is 0 Å². The number of sulfonamides is 1. The molecule has 17 heavy (non-hydrogen) atoms. The summed E-state index contributed by atoms with van der Waals surface area (Å²) in [7, 11) is -3.67. The maximum absolute atomic E-state index is 11.2. The Hall–Kier alpha value is -1.40. The Balaban J connectivity index is 2.70. The number of amides is 1. The predicted molar refractivity (Wildman–Crippen MR) is 64.8 cm³/mol. The van der Waals surface area contributed by atoms with Gasteiger partial charge in [0.05, 0.1) is 4.90 Å². The maximum atomic E-state index is 11.2. The van der Waals surface area contributed by atoms with Gasteiger partial charge < -0.3 is 5.32 Å². The topological polar surface area (TPSA) is 89.3 Å². The van der Waals surface area contributed by atoms with Crippen LogP contribution in [0, 0.1) is 0 Å². The lowest BCUT2D eigenvalue weighted by Gasteiger charge is -2.04. The minimum atomic E-state index is -3.67. The Morgan fingerprint density at radius 1 is 1.41 bits per heavy atom. The molecule has 1 aromatic carbocycles.